The van der Waals surface area contributed by atoms with Crippen LogP contribution < -0.4 is 10.1 Å². The van der Waals surface area contributed by atoms with Gasteiger partial charge in [-0.3, -0.25) is 0 Å². The zero-order valence-corrected chi connectivity index (χ0v) is 13.0. The molecule has 1 aromatic heterocycles. The van der Waals surface area contributed by atoms with Crippen molar-refractivity contribution in [3.05, 3.63) is 34.7 Å². The molecule has 5 heteroatoms. The molecule has 20 heavy (non-hydrogen) atoms. The third-order valence-corrected chi connectivity index (χ3v) is 4.40. The average Bonchev–Trinajstić information content (AvgIpc) is 2.98. The number of H-pyrrole nitrogens is 1. The van der Waals surface area contributed by atoms with Crippen LogP contribution in [0.5, 0.6) is 5.75 Å². The van der Waals surface area contributed by atoms with Crippen molar-refractivity contribution in [1.82, 2.24) is 15.3 Å². The van der Waals surface area contributed by atoms with Gasteiger partial charge in [0.25, 0.3) is 0 Å². The largest absolute Gasteiger partial charge is 0.496 e. The van der Waals surface area contributed by atoms with Gasteiger partial charge in [-0.25, -0.2) is 4.98 Å². The van der Waals surface area contributed by atoms with Crippen molar-refractivity contribution in [2.24, 2.45) is 0 Å². The molecular weight excluding hydrogens is 318 g/mol. The monoisotopic (exact) mass is 335 g/mol. The Morgan fingerprint density at radius 1 is 1.30 bits per heavy atom. The minimum atomic E-state index is 0.548. The quantitative estimate of drug-likeness (QED) is 0.904. The lowest BCUT2D eigenvalue weighted by atomic mass is 9.98. The summed E-state index contributed by atoms with van der Waals surface area (Å²) >= 11 is 3.52. The summed E-state index contributed by atoms with van der Waals surface area (Å²) in [5.41, 5.74) is 2.17. The lowest BCUT2D eigenvalue weighted by Gasteiger charge is -2.20. The van der Waals surface area contributed by atoms with Gasteiger partial charge in [-0.1, -0.05) is 0 Å². The first-order valence-corrected chi connectivity index (χ1v) is 7.67. The van der Waals surface area contributed by atoms with E-state index in [4.69, 9.17) is 4.74 Å². The highest BCUT2D eigenvalue weighted by Crippen LogP contribution is 2.31. The Labute approximate surface area is 127 Å². The van der Waals surface area contributed by atoms with Gasteiger partial charge in [0.2, 0.25) is 0 Å². The number of ether oxygens (including phenoxy) is 1. The maximum atomic E-state index is 5.26. The maximum absolute atomic E-state index is 5.26. The molecule has 3 rings (SSSR count). The van der Waals surface area contributed by atoms with Crippen molar-refractivity contribution >= 4 is 15.9 Å². The molecule has 0 amide bonds. The van der Waals surface area contributed by atoms with Gasteiger partial charge in [-0.2, -0.15) is 0 Å². The lowest BCUT2D eigenvalue weighted by molar-refractivity contribution is 0.412. The first-order valence-electron chi connectivity index (χ1n) is 6.87. The molecule has 1 fully saturated rings. The third-order valence-electron chi connectivity index (χ3n) is 3.78. The number of piperidine rings is 1. The van der Waals surface area contributed by atoms with Crippen molar-refractivity contribution in [1.29, 1.82) is 0 Å². The fraction of sp³-hybridized carbons (Fsp3) is 0.400. The van der Waals surface area contributed by atoms with E-state index >= 15 is 0 Å². The van der Waals surface area contributed by atoms with Gasteiger partial charge in [0.15, 0.2) is 0 Å². The second-order valence-electron chi connectivity index (χ2n) is 5.06. The highest BCUT2D eigenvalue weighted by Gasteiger charge is 2.18. The van der Waals surface area contributed by atoms with Gasteiger partial charge in [-0.15, -0.1) is 0 Å². The number of aromatic nitrogens is 2. The molecule has 2 heterocycles. The fourth-order valence-corrected chi connectivity index (χ4v) is 3.16. The molecule has 2 N–H and O–H groups in total. The molecule has 4 nitrogen and oxygen atoms in total. The number of halogens is 1. The highest BCUT2D eigenvalue weighted by atomic mass is 79.9. The van der Waals surface area contributed by atoms with Crippen LogP contribution in [0.15, 0.2) is 28.9 Å². The van der Waals surface area contributed by atoms with Gasteiger partial charge in [-0.05, 0) is 60.1 Å². The van der Waals surface area contributed by atoms with E-state index in [1.54, 1.807) is 7.11 Å². The smallest absolute Gasteiger partial charge is 0.133 e. The molecule has 0 atom stereocenters. The molecule has 0 radical (unpaired) electrons. The predicted molar refractivity (Wildman–Crippen MR) is 83.1 cm³/mol. The van der Waals surface area contributed by atoms with E-state index < -0.39 is 0 Å². The van der Waals surface area contributed by atoms with Crippen molar-refractivity contribution in [2.75, 3.05) is 20.2 Å². The minimum Gasteiger partial charge on any atom is -0.496 e. The van der Waals surface area contributed by atoms with E-state index in [0.717, 1.165) is 53.2 Å². The number of aromatic amines is 1. The number of benzene rings is 1. The molecule has 0 unspecified atom stereocenters. The molecule has 106 valence electrons. The van der Waals surface area contributed by atoms with Crippen LogP contribution >= 0.6 is 15.9 Å². The van der Waals surface area contributed by atoms with Gasteiger partial charge in [0, 0.05) is 11.5 Å². The number of nitrogens with one attached hydrogen (secondary N) is 2. The molecular formula is C15H18BrN3O. The van der Waals surface area contributed by atoms with Crippen molar-refractivity contribution in [2.45, 2.75) is 18.8 Å². The van der Waals surface area contributed by atoms with Gasteiger partial charge < -0.3 is 15.0 Å². The van der Waals surface area contributed by atoms with Crippen LogP contribution in [-0.4, -0.2) is 30.2 Å². The number of hydrogen-bond acceptors (Lipinski definition) is 3. The Kier molecular flexibility index (Phi) is 4.08. The van der Waals surface area contributed by atoms with Crippen molar-refractivity contribution in [3.63, 3.8) is 0 Å². The number of hydrogen-bond donors (Lipinski definition) is 2. The molecule has 0 saturated carbocycles. The Morgan fingerprint density at radius 3 is 2.80 bits per heavy atom. The van der Waals surface area contributed by atoms with E-state index in [2.05, 4.69) is 37.3 Å². The summed E-state index contributed by atoms with van der Waals surface area (Å²) in [5, 5.41) is 3.38. The van der Waals surface area contributed by atoms with Crippen LogP contribution in [0.3, 0.4) is 0 Å². The normalized spacial score (nSPS) is 16.3. The molecule has 1 saturated heterocycles. The third kappa shape index (κ3) is 2.74. The average molecular weight is 336 g/mol. The summed E-state index contributed by atoms with van der Waals surface area (Å²) in [4.78, 5) is 8.02. The number of imidazole rings is 1. The van der Waals surface area contributed by atoms with Crippen LogP contribution in [0, 0.1) is 0 Å². The molecule has 1 aliphatic rings. The van der Waals surface area contributed by atoms with Crippen molar-refractivity contribution < 1.29 is 4.74 Å². The molecule has 1 aliphatic heterocycles. The minimum absolute atomic E-state index is 0.548. The van der Waals surface area contributed by atoms with Crippen molar-refractivity contribution in [3.8, 4) is 17.0 Å². The first kappa shape index (κ1) is 13.6. The lowest BCUT2D eigenvalue weighted by Crippen LogP contribution is -2.27. The SMILES string of the molecule is COc1ccc(-c2cnc(C3CCNCC3)[nH]2)cc1Br. The van der Waals surface area contributed by atoms with Crippen LogP contribution in [0.1, 0.15) is 24.6 Å². The van der Waals surface area contributed by atoms with Gasteiger partial charge >= 0.3 is 0 Å². The molecule has 0 spiro atoms. The topological polar surface area (TPSA) is 49.9 Å². The molecule has 0 aliphatic carbocycles. The van der Waals surface area contributed by atoms with Crippen LogP contribution in [0.25, 0.3) is 11.3 Å². The predicted octanol–water partition coefficient (Wildman–Crippen LogP) is 3.31. The molecule has 2 aromatic rings. The summed E-state index contributed by atoms with van der Waals surface area (Å²) < 4.78 is 6.21. The fourth-order valence-electron chi connectivity index (χ4n) is 2.62. The zero-order chi connectivity index (χ0) is 13.9. The standard InChI is InChI=1S/C15H18BrN3O/c1-20-14-3-2-11(8-12(14)16)13-9-18-15(19-13)10-4-6-17-7-5-10/h2-3,8-10,17H,4-7H2,1H3,(H,18,19). The summed E-state index contributed by atoms with van der Waals surface area (Å²) in [7, 11) is 1.67. The van der Waals surface area contributed by atoms with Crippen LogP contribution in [0.2, 0.25) is 0 Å². The maximum Gasteiger partial charge on any atom is 0.133 e. The van der Waals surface area contributed by atoms with Crippen LogP contribution in [0.4, 0.5) is 0 Å². The van der Waals surface area contributed by atoms with Gasteiger partial charge in [0.1, 0.15) is 11.6 Å². The summed E-state index contributed by atoms with van der Waals surface area (Å²) in [6.45, 7) is 2.16. The zero-order valence-electron chi connectivity index (χ0n) is 11.4. The van der Waals surface area contributed by atoms with E-state index in [1.807, 2.05) is 18.3 Å². The van der Waals surface area contributed by atoms with E-state index in [9.17, 15) is 0 Å². The molecule has 0 bridgehead atoms. The second-order valence-corrected chi connectivity index (χ2v) is 5.91. The Bertz CT molecular complexity index is 591. The second kappa shape index (κ2) is 5.97. The highest BCUT2D eigenvalue weighted by molar-refractivity contribution is 9.10. The van der Waals surface area contributed by atoms with E-state index in [-0.39, 0.29) is 0 Å². The van der Waals surface area contributed by atoms with E-state index in [1.165, 1.54) is 0 Å². The first-order chi connectivity index (χ1) is 9.78. The summed E-state index contributed by atoms with van der Waals surface area (Å²) in [6, 6.07) is 6.06. The Balaban J connectivity index is 1.84. The molecule has 1 aromatic carbocycles. The summed E-state index contributed by atoms with van der Waals surface area (Å²) in [6.07, 6.45) is 4.23. The van der Waals surface area contributed by atoms with Gasteiger partial charge in [0.05, 0.1) is 23.5 Å². The van der Waals surface area contributed by atoms with Crippen LogP contribution in [-0.2, 0) is 0 Å². The Morgan fingerprint density at radius 2 is 2.10 bits per heavy atom. The number of methoxy groups -OCH3 is 1. The van der Waals surface area contributed by atoms with E-state index in [0.29, 0.717) is 5.92 Å². The number of rotatable bonds is 3. The Hall–Kier alpha value is -1.33. The number of nitrogens with zero attached hydrogens (tertiary/aromatic N) is 1. The summed E-state index contributed by atoms with van der Waals surface area (Å²) in [5.74, 6) is 2.49.